The van der Waals surface area contributed by atoms with Gasteiger partial charge in [-0.15, -0.1) is 0 Å². The lowest BCUT2D eigenvalue weighted by molar-refractivity contribution is -0.124. The predicted octanol–water partition coefficient (Wildman–Crippen LogP) is 5.50. The van der Waals surface area contributed by atoms with Gasteiger partial charge in [-0.1, -0.05) is 35.3 Å². The number of anilines is 2. The van der Waals surface area contributed by atoms with E-state index in [2.05, 4.69) is 5.32 Å². The first-order valence-electron chi connectivity index (χ1n) is 10.0. The highest BCUT2D eigenvalue weighted by Gasteiger charge is 2.46. The van der Waals surface area contributed by atoms with E-state index >= 15 is 0 Å². The molecule has 0 bridgehead atoms. The molecule has 168 valence electrons. The second-order valence-electron chi connectivity index (χ2n) is 7.46. The van der Waals surface area contributed by atoms with Crippen LogP contribution < -0.4 is 10.2 Å². The predicted molar refractivity (Wildman–Crippen MR) is 125 cm³/mol. The molecule has 1 saturated heterocycles. The van der Waals surface area contributed by atoms with Crippen LogP contribution in [0.4, 0.5) is 20.6 Å². The normalized spacial score (nSPS) is 15.8. The van der Waals surface area contributed by atoms with E-state index in [9.17, 15) is 18.8 Å². The molecular formula is C24H18Cl2FN3O3. The largest absolute Gasteiger partial charge is 0.332 e. The van der Waals surface area contributed by atoms with E-state index in [1.807, 2.05) is 0 Å². The van der Waals surface area contributed by atoms with Gasteiger partial charge in [-0.05, 0) is 66.2 Å². The molecule has 9 heteroatoms. The summed E-state index contributed by atoms with van der Waals surface area (Å²) < 4.78 is 13.3. The number of amides is 4. The molecule has 1 atom stereocenters. The quantitative estimate of drug-likeness (QED) is 0.468. The Kier molecular flexibility index (Phi) is 6.62. The summed E-state index contributed by atoms with van der Waals surface area (Å²) in [4.78, 5) is 41.6. The molecular weight excluding hydrogens is 468 g/mol. The highest BCUT2D eigenvalue weighted by atomic mass is 35.5. The summed E-state index contributed by atoms with van der Waals surface area (Å²) in [5.74, 6) is -1.38. The number of hydrogen-bond acceptors (Lipinski definition) is 3. The maximum absolute atomic E-state index is 13.3. The van der Waals surface area contributed by atoms with E-state index in [0.717, 1.165) is 4.90 Å². The van der Waals surface area contributed by atoms with Crippen LogP contribution in [-0.2, 0) is 16.1 Å². The van der Waals surface area contributed by atoms with Crippen LogP contribution in [0.2, 0.25) is 10.0 Å². The summed E-state index contributed by atoms with van der Waals surface area (Å²) in [7, 11) is 0. The number of nitrogens with one attached hydrogen (secondary N) is 1. The summed E-state index contributed by atoms with van der Waals surface area (Å²) in [6.07, 6.45) is -0.252. The van der Waals surface area contributed by atoms with Gasteiger partial charge in [0, 0.05) is 22.3 Å². The molecule has 33 heavy (non-hydrogen) atoms. The highest BCUT2D eigenvalue weighted by molar-refractivity contribution is 6.31. The molecule has 1 aliphatic rings. The number of nitrogens with zero attached hydrogens (tertiary/aromatic N) is 2. The van der Waals surface area contributed by atoms with Gasteiger partial charge in [0.2, 0.25) is 5.91 Å². The number of imide groups is 1. The van der Waals surface area contributed by atoms with Crippen LogP contribution in [-0.4, -0.2) is 28.8 Å². The molecule has 1 heterocycles. The first kappa shape index (κ1) is 22.8. The van der Waals surface area contributed by atoms with E-state index in [1.165, 1.54) is 29.2 Å². The zero-order valence-electron chi connectivity index (χ0n) is 17.2. The molecule has 3 aromatic carbocycles. The number of rotatable bonds is 6. The SMILES string of the molecule is O=C(C[C@H]1C(=O)N(c2ccc(Cl)cc2)C(=O)N1Cc1ccc(F)cc1)Nc1ccc(Cl)cc1. The summed E-state index contributed by atoms with van der Waals surface area (Å²) in [6, 6.07) is 16.8. The van der Waals surface area contributed by atoms with Crippen molar-refractivity contribution in [2.24, 2.45) is 0 Å². The van der Waals surface area contributed by atoms with Crippen molar-refractivity contribution in [1.29, 1.82) is 0 Å². The third kappa shape index (κ3) is 5.16. The number of benzene rings is 3. The second-order valence-corrected chi connectivity index (χ2v) is 8.33. The Morgan fingerprint density at radius 1 is 0.879 bits per heavy atom. The summed E-state index contributed by atoms with van der Waals surface area (Å²) in [6.45, 7) is 0.0356. The van der Waals surface area contributed by atoms with Crippen LogP contribution in [0.5, 0.6) is 0 Å². The van der Waals surface area contributed by atoms with Gasteiger partial charge >= 0.3 is 6.03 Å². The van der Waals surface area contributed by atoms with Gasteiger partial charge in [0.05, 0.1) is 12.1 Å². The second kappa shape index (κ2) is 9.60. The number of hydrogen-bond donors (Lipinski definition) is 1. The molecule has 0 unspecified atom stereocenters. The third-order valence-corrected chi connectivity index (χ3v) is 5.68. The highest BCUT2D eigenvalue weighted by Crippen LogP contribution is 2.29. The van der Waals surface area contributed by atoms with Gasteiger partial charge in [-0.3, -0.25) is 9.59 Å². The van der Waals surface area contributed by atoms with Crippen molar-refractivity contribution in [3.05, 3.63) is 94.2 Å². The zero-order valence-corrected chi connectivity index (χ0v) is 18.7. The fourth-order valence-corrected chi connectivity index (χ4v) is 3.80. The van der Waals surface area contributed by atoms with Crippen molar-refractivity contribution in [3.8, 4) is 0 Å². The first-order valence-corrected chi connectivity index (χ1v) is 10.8. The average Bonchev–Trinajstić information content (AvgIpc) is 3.01. The number of carbonyl (C=O) groups excluding carboxylic acids is 3. The van der Waals surface area contributed by atoms with Gasteiger partial charge in [0.25, 0.3) is 5.91 Å². The number of halogens is 3. The van der Waals surface area contributed by atoms with E-state index < -0.39 is 29.7 Å². The molecule has 1 N–H and O–H groups in total. The molecule has 1 fully saturated rings. The van der Waals surface area contributed by atoms with Gasteiger partial charge in [0.15, 0.2) is 0 Å². The summed E-state index contributed by atoms with van der Waals surface area (Å²) in [5.41, 5.74) is 1.48. The summed E-state index contributed by atoms with van der Waals surface area (Å²) in [5, 5.41) is 3.69. The molecule has 6 nitrogen and oxygen atoms in total. The maximum Gasteiger partial charge on any atom is 0.332 e. The van der Waals surface area contributed by atoms with Crippen LogP contribution in [0.1, 0.15) is 12.0 Å². The molecule has 0 aromatic heterocycles. The monoisotopic (exact) mass is 485 g/mol. The zero-order chi connectivity index (χ0) is 23.5. The Morgan fingerprint density at radius 2 is 1.45 bits per heavy atom. The number of urea groups is 1. The van der Waals surface area contributed by atoms with Gasteiger partial charge in [-0.2, -0.15) is 0 Å². The van der Waals surface area contributed by atoms with Crippen LogP contribution in [0.15, 0.2) is 72.8 Å². The molecule has 4 rings (SSSR count). The van der Waals surface area contributed by atoms with E-state index in [4.69, 9.17) is 23.2 Å². The third-order valence-electron chi connectivity index (χ3n) is 5.18. The van der Waals surface area contributed by atoms with E-state index in [0.29, 0.717) is 27.0 Å². The fraction of sp³-hybridized carbons (Fsp3) is 0.125. The van der Waals surface area contributed by atoms with E-state index in [1.54, 1.807) is 48.5 Å². The lowest BCUT2D eigenvalue weighted by Crippen LogP contribution is -2.37. The molecule has 0 saturated carbocycles. The Hall–Kier alpha value is -3.42. The Balaban J connectivity index is 1.59. The topological polar surface area (TPSA) is 69.7 Å². The number of carbonyl (C=O) groups is 3. The van der Waals surface area contributed by atoms with Crippen molar-refractivity contribution < 1.29 is 18.8 Å². The molecule has 3 aromatic rings. The Morgan fingerprint density at radius 3 is 2.06 bits per heavy atom. The van der Waals surface area contributed by atoms with Crippen LogP contribution in [0, 0.1) is 5.82 Å². The summed E-state index contributed by atoms with van der Waals surface area (Å²) >= 11 is 11.8. The van der Waals surface area contributed by atoms with Crippen molar-refractivity contribution in [2.75, 3.05) is 10.2 Å². The molecule has 0 spiro atoms. The van der Waals surface area contributed by atoms with Crippen molar-refractivity contribution in [3.63, 3.8) is 0 Å². The van der Waals surface area contributed by atoms with Crippen molar-refractivity contribution >= 4 is 52.4 Å². The molecule has 1 aliphatic heterocycles. The Labute approximate surface area is 199 Å². The van der Waals surface area contributed by atoms with Gasteiger partial charge in [-0.25, -0.2) is 14.1 Å². The van der Waals surface area contributed by atoms with Gasteiger partial charge in [0.1, 0.15) is 11.9 Å². The average molecular weight is 486 g/mol. The molecule has 0 aliphatic carbocycles. The van der Waals surface area contributed by atoms with Crippen LogP contribution >= 0.6 is 23.2 Å². The van der Waals surface area contributed by atoms with Gasteiger partial charge < -0.3 is 10.2 Å². The van der Waals surface area contributed by atoms with E-state index in [-0.39, 0.29) is 13.0 Å². The molecule has 0 radical (unpaired) electrons. The first-order chi connectivity index (χ1) is 15.8. The minimum Gasteiger partial charge on any atom is -0.326 e. The standard InChI is InChI=1S/C24H18Cl2FN3O3/c25-16-3-9-19(10-4-16)28-22(31)13-21-23(32)30(20-11-5-17(26)6-12-20)24(33)29(21)14-15-1-7-18(27)8-2-15/h1-12,21H,13-14H2,(H,28,31)/t21-/m0/s1. The maximum atomic E-state index is 13.3. The molecule has 4 amide bonds. The fourth-order valence-electron chi connectivity index (χ4n) is 3.55. The minimum absolute atomic E-state index is 0.0356. The smallest absolute Gasteiger partial charge is 0.326 e. The lowest BCUT2D eigenvalue weighted by atomic mass is 10.1. The van der Waals surface area contributed by atoms with Crippen molar-refractivity contribution in [2.45, 2.75) is 19.0 Å². The van der Waals surface area contributed by atoms with Crippen LogP contribution in [0.25, 0.3) is 0 Å². The Bertz CT molecular complexity index is 1190. The minimum atomic E-state index is -1.04. The lowest BCUT2D eigenvalue weighted by Gasteiger charge is -2.21. The van der Waals surface area contributed by atoms with Crippen molar-refractivity contribution in [1.82, 2.24) is 4.90 Å². The van der Waals surface area contributed by atoms with Crippen LogP contribution in [0.3, 0.4) is 0 Å².